The predicted molar refractivity (Wildman–Crippen MR) is 74.9 cm³/mol. The van der Waals surface area contributed by atoms with E-state index in [4.69, 9.17) is 10.5 Å². The average Bonchev–Trinajstić information content (AvgIpc) is 2.46. The van der Waals surface area contributed by atoms with Gasteiger partial charge in [-0.05, 0) is 25.0 Å². The standard InChI is InChI=1S/C15H19FN2O3/c1-15(14(17)20)10-18(8-9-21-15)13(19)7-6-11-4-2-3-5-12(11)16/h2-5H,6-10H2,1H3,(H2,17,20)/t15-/m1/s1. The van der Waals surface area contributed by atoms with E-state index in [1.807, 2.05) is 0 Å². The molecule has 5 nitrogen and oxygen atoms in total. The smallest absolute Gasteiger partial charge is 0.251 e. The maximum atomic E-state index is 13.5. The van der Waals surface area contributed by atoms with Gasteiger partial charge in [0.05, 0.1) is 13.2 Å². The van der Waals surface area contributed by atoms with Gasteiger partial charge in [-0.15, -0.1) is 0 Å². The van der Waals surface area contributed by atoms with E-state index >= 15 is 0 Å². The number of aryl methyl sites for hydroxylation is 1. The molecule has 1 atom stereocenters. The molecular weight excluding hydrogens is 275 g/mol. The van der Waals surface area contributed by atoms with Gasteiger partial charge in [-0.3, -0.25) is 9.59 Å². The van der Waals surface area contributed by atoms with E-state index in [1.54, 1.807) is 30.0 Å². The van der Waals surface area contributed by atoms with Gasteiger partial charge in [0.15, 0.2) is 5.60 Å². The minimum absolute atomic E-state index is 0.131. The number of hydrogen-bond donors (Lipinski definition) is 1. The van der Waals surface area contributed by atoms with Crippen LogP contribution in [0.15, 0.2) is 24.3 Å². The lowest BCUT2D eigenvalue weighted by atomic mass is 10.0. The van der Waals surface area contributed by atoms with Crippen molar-refractivity contribution in [3.63, 3.8) is 0 Å². The molecule has 1 aliphatic heterocycles. The van der Waals surface area contributed by atoms with Crippen LogP contribution >= 0.6 is 0 Å². The Morgan fingerprint density at radius 1 is 1.43 bits per heavy atom. The summed E-state index contributed by atoms with van der Waals surface area (Å²) in [6, 6.07) is 6.39. The summed E-state index contributed by atoms with van der Waals surface area (Å²) in [6.07, 6.45) is 0.520. The molecule has 1 fully saturated rings. The molecule has 0 saturated carbocycles. The van der Waals surface area contributed by atoms with Crippen LogP contribution in [-0.2, 0) is 20.7 Å². The van der Waals surface area contributed by atoms with Crippen molar-refractivity contribution in [3.8, 4) is 0 Å². The topological polar surface area (TPSA) is 72.6 Å². The van der Waals surface area contributed by atoms with Crippen molar-refractivity contribution in [2.75, 3.05) is 19.7 Å². The van der Waals surface area contributed by atoms with E-state index in [-0.39, 0.29) is 31.3 Å². The second-order valence-corrected chi connectivity index (χ2v) is 5.35. The van der Waals surface area contributed by atoms with Crippen molar-refractivity contribution < 1.29 is 18.7 Å². The maximum absolute atomic E-state index is 13.5. The first-order chi connectivity index (χ1) is 9.92. The summed E-state index contributed by atoms with van der Waals surface area (Å²) in [4.78, 5) is 25.1. The first kappa shape index (κ1) is 15.4. The number of hydrogen-bond acceptors (Lipinski definition) is 3. The Balaban J connectivity index is 1.94. The highest BCUT2D eigenvalue weighted by Gasteiger charge is 2.38. The van der Waals surface area contributed by atoms with E-state index < -0.39 is 11.5 Å². The molecular formula is C15H19FN2O3. The highest BCUT2D eigenvalue weighted by molar-refractivity contribution is 5.85. The highest BCUT2D eigenvalue weighted by atomic mass is 19.1. The number of amides is 2. The third kappa shape index (κ3) is 3.58. The Hall–Kier alpha value is -1.95. The molecule has 0 bridgehead atoms. The Bertz CT molecular complexity index is 549. The van der Waals surface area contributed by atoms with Gasteiger partial charge in [0.25, 0.3) is 5.91 Å². The third-order valence-electron chi connectivity index (χ3n) is 3.71. The number of nitrogens with two attached hydrogens (primary N) is 1. The van der Waals surface area contributed by atoms with Gasteiger partial charge in [0.2, 0.25) is 5.91 Å². The van der Waals surface area contributed by atoms with Gasteiger partial charge in [0.1, 0.15) is 5.82 Å². The van der Waals surface area contributed by atoms with Gasteiger partial charge in [-0.1, -0.05) is 18.2 Å². The fourth-order valence-electron chi connectivity index (χ4n) is 2.33. The molecule has 6 heteroatoms. The van der Waals surface area contributed by atoms with Crippen LogP contribution < -0.4 is 5.73 Å². The number of morpholine rings is 1. The van der Waals surface area contributed by atoms with Crippen LogP contribution in [0.1, 0.15) is 18.9 Å². The van der Waals surface area contributed by atoms with Crippen LogP contribution in [0.3, 0.4) is 0 Å². The predicted octanol–water partition coefficient (Wildman–Crippen LogP) is 0.861. The molecule has 21 heavy (non-hydrogen) atoms. The molecule has 1 saturated heterocycles. The lowest BCUT2D eigenvalue weighted by Crippen LogP contribution is -2.58. The Labute approximate surface area is 122 Å². The van der Waals surface area contributed by atoms with E-state index in [1.165, 1.54) is 6.07 Å². The zero-order chi connectivity index (χ0) is 15.5. The molecule has 0 aliphatic carbocycles. The zero-order valence-electron chi connectivity index (χ0n) is 12.0. The molecule has 1 aromatic carbocycles. The van der Waals surface area contributed by atoms with Crippen molar-refractivity contribution in [2.24, 2.45) is 5.73 Å². The summed E-state index contributed by atoms with van der Waals surface area (Å²) in [5, 5.41) is 0. The largest absolute Gasteiger partial charge is 0.367 e. The maximum Gasteiger partial charge on any atom is 0.251 e. The van der Waals surface area contributed by atoms with Gasteiger partial charge in [0, 0.05) is 13.0 Å². The number of primary amides is 1. The van der Waals surface area contributed by atoms with Gasteiger partial charge in [-0.2, -0.15) is 0 Å². The van der Waals surface area contributed by atoms with Gasteiger partial charge in [-0.25, -0.2) is 4.39 Å². The van der Waals surface area contributed by atoms with Crippen molar-refractivity contribution in [2.45, 2.75) is 25.4 Å². The third-order valence-corrected chi connectivity index (χ3v) is 3.71. The minimum Gasteiger partial charge on any atom is -0.367 e. The molecule has 0 radical (unpaired) electrons. The summed E-state index contributed by atoms with van der Waals surface area (Å²) in [5.74, 6) is -1.03. The molecule has 0 aromatic heterocycles. The normalized spacial score (nSPS) is 22.1. The number of rotatable bonds is 4. The molecule has 114 valence electrons. The van der Waals surface area contributed by atoms with E-state index in [0.29, 0.717) is 18.5 Å². The van der Waals surface area contributed by atoms with Crippen molar-refractivity contribution in [1.29, 1.82) is 0 Å². The molecule has 0 spiro atoms. The second-order valence-electron chi connectivity index (χ2n) is 5.35. The molecule has 2 N–H and O–H groups in total. The second kappa shape index (κ2) is 6.22. The first-order valence-electron chi connectivity index (χ1n) is 6.87. The van der Waals surface area contributed by atoms with Crippen LogP contribution in [0.2, 0.25) is 0 Å². The first-order valence-corrected chi connectivity index (χ1v) is 6.87. The summed E-state index contributed by atoms with van der Waals surface area (Å²) in [7, 11) is 0. The van der Waals surface area contributed by atoms with Gasteiger partial charge < -0.3 is 15.4 Å². The Morgan fingerprint density at radius 2 is 2.14 bits per heavy atom. The number of ether oxygens (including phenoxy) is 1. The van der Waals surface area contributed by atoms with Crippen LogP contribution in [-0.4, -0.2) is 42.0 Å². The summed E-state index contributed by atoms with van der Waals surface area (Å²) < 4.78 is 18.9. The molecule has 1 aliphatic rings. The number of carbonyl (C=O) groups is 2. The van der Waals surface area contributed by atoms with Crippen molar-refractivity contribution in [3.05, 3.63) is 35.6 Å². The average molecular weight is 294 g/mol. The lowest BCUT2D eigenvalue weighted by molar-refractivity contribution is -0.160. The van der Waals surface area contributed by atoms with E-state index in [2.05, 4.69) is 0 Å². The van der Waals surface area contributed by atoms with E-state index in [9.17, 15) is 14.0 Å². The molecule has 2 rings (SSSR count). The fraction of sp³-hybridized carbons (Fsp3) is 0.467. The Morgan fingerprint density at radius 3 is 2.81 bits per heavy atom. The quantitative estimate of drug-likeness (QED) is 0.895. The number of benzene rings is 1. The summed E-state index contributed by atoms with van der Waals surface area (Å²) in [6.45, 7) is 2.40. The zero-order valence-corrected chi connectivity index (χ0v) is 12.0. The van der Waals surface area contributed by atoms with Crippen LogP contribution in [0.5, 0.6) is 0 Å². The molecule has 0 unspecified atom stereocenters. The molecule has 1 aromatic rings. The monoisotopic (exact) mass is 294 g/mol. The number of halogens is 1. The molecule has 1 heterocycles. The van der Waals surface area contributed by atoms with Crippen LogP contribution in [0.4, 0.5) is 4.39 Å². The number of carbonyl (C=O) groups excluding carboxylic acids is 2. The van der Waals surface area contributed by atoms with Crippen LogP contribution in [0, 0.1) is 5.82 Å². The van der Waals surface area contributed by atoms with Crippen molar-refractivity contribution in [1.82, 2.24) is 4.90 Å². The minimum atomic E-state index is -1.15. The SMILES string of the molecule is C[C@]1(C(N)=O)CN(C(=O)CCc2ccccc2F)CCO1. The Kier molecular flexibility index (Phi) is 4.57. The lowest BCUT2D eigenvalue weighted by Gasteiger charge is -2.38. The molecule has 2 amide bonds. The van der Waals surface area contributed by atoms with Crippen molar-refractivity contribution >= 4 is 11.8 Å². The number of nitrogens with zero attached hydrogens (tertiary/aromatic N) is 1. The van der Waals surface area contributed by atoms with E-state index in [0.717, 1.165) is 0 Å². The van der Waals surface area contributed by atoms with Gasteiger partial charge >= 0.3 is 0 Å². The summed E-state index contributed by atoms with van der Waals surface area (Å²) in [5.41, 5.74) is 4.66. The highest BCUT2D eigenvalue weighted by Crippen LogP contribution is 2.18. The fourth-order valence-corrected chi connectivity index (χ4v) is 2.33. The van der Waals surface area contributed by atoms with Crippen LogP contribution in [0.25, 0.3) is 0 Å². The summed E-state index contributed by atoms with van der Waals surface area (Å²) >= 11 is 0.